The fourth-order valence-corrected chi connectivity index (χ4v) is 2.74. The highest BCUT2D eigenvalue weighted by atomic mass is 79.9. The van der Waals surface area contributed by atoms with Gasteiger partial charge in [0.1, 0.15) is 11.8 Å². The minimum Gasteiger partial charge on any atom is -0.476 e. The Balaban J connectivity index is 2.85. The standard InChI is InChI=1S/C11H12Br2N2O/c1-2-15-7-8-5-9(12)11(10(13)6-8)16-4-3-14/h5-6,15H,2,4,7H2,1H3. The van der Waals surface area contributed by atoms with Crippen LogP contribution in [0.3, 0.4) is 0 Å². The fraction of sp³-hybridized carbons (Fsp3) is 0.364. The van der Waals surface area contributed by atoms with Gasteiger partial charge in [-0.1, -0.05) is 6.92 Å². The van der Waals surface area contributed by atoms with Crippen LogP contribution in [-0.4, -0.2) is 13.2 Å². The molecule has 0 spiro atoms. The molecule has 0 aromatic heterocycles. The lowest BCUT2D eigenvalue weighted by atomic mass is 10.2. The number of benzene rings is 1. The van der Waals surface area contributed by atoms with Crippen molar-refractivity contribution in [2.45, 2.75) is 13.5 Å². The van der Waals surface area contributed by atoms with Crippen LogP contribution < -0.4 is 10.1 Å². The summed E-state index contributed by atoms with van der Waals surface area (Å²) in [5, 5.41) is 11.7. The Bertz CT molecular complexity index is 378. The monoisotopic (exact) mass is 346 g/mol. The zero-order valence-electron chi connectivity index (χ0n) is 8.89. The molecule has 1 aromatic rings. The van der Waals surface area contributed by atoms with Crippen LogP contribution in [0.2, 0.25) is 0 Å². The van der Waals surface area contributed by atoms with Crippen LogP contribution in [0.1, 0.15) is 12.5 Å². The van der Waals surface area contributed by atoms with Crippen LogP contribution in [0, 0.1) is 11.3 Å². The minimum absolute atomic E-state index is 0.0454. The normalized spacial score (nSPS) is 9.88. The van der Waals surface area contributed by atoms with Crippen LogP contribution in [0.25, 0.3) is 0 Å². The molecule has 0 saturated heterocycles. The second-order valence-corrected chi connectivity index (χ2v) is 4.82. The molecule has 3 nitrogen and oxygen atoms in total. The Hall–Kier alpha value is -0.570. The van der Waals surface area contributed by atoms with Crippen molar-refractivity contribution in [2.75, 3.05) is 13.2 Å². The molecule has 86 valence electrons. The van der Waals surface area contributed by atoms with E-state index in [0.29, 0.717) is 5.75 Å². The van der Waals surface area contributed by atoms with Crippen molar-refractivity contribution in [3.05, 3.63) is 26.6 Å². The summed E-state index contributed by atoms with van der Waals surface area (Å²) in [5.74, 6) is 0.668. The Kier molecular flexibility index (Phi) is 5.81. The van der Waals surface area contributed by atoms with Gasteiger partial charge < -0.3 is 10.1 Å². The Morgan fingerprint density at radius 3 is 2.50 bits per heavy atom. The smallest absolute Gasteiger partial charge is 0.174 e. The van der Waals surface area contributed by atoms with E-state index in [1.807, 2.05) is 18.2 Å². The molecule has 0 saturated carbocycles. The summed E-state index contributed by atoms with van der Waals surface area (Å²) in [6, 6.07) is 5.92. The quantitative estimate of drug-likeness (QED) is 0.889. The third kappa shape index (κ3) is 3.78. The molecule has 0 fully saturated rings. The van der Waals surface area contributed by atoms with Gasteiger partial charge in [-0.15, -0.1) is 0 Å². The number of nitrogens with one attached hydrogen (secondary N) is 1. The number of hydrogen-bond acceptors (Lipinski definition) is 3. The van der Waals surface area contributed by atoms with Crippen molar-refractivity contribution in [3.63, 3.8) is 0 Å². The molecule has 5 heteroatoms. The summed E-state index contributed by atoms with van der Waals surface area (Å²) in [5.41, 5.74) is 1.16. The molecule has 0 aliphatic heterocycles. The van der Waals surface area contributed by atoms with Crippen LogP contribution >= 0.6 is 31.9 Å². The largest absolute Gasteiger partial charge is 0.476 e. The van der Waals surface area contributed by atoms with E-state index in [1.54, 1.807) is 0 Å². The van der Waals surface area contributed by atoms with E-state index in [4.69, 9.17) is 10.00 Å². The highest BCUT2D eigenvalue weighted by Crippen LogP contribution is 2.34. The van der Waals surface area contributed by atoms with Crippen molar-refractivity contribution in [1.29, 1.82) is 5.26 Å². The summed E-state index contributed by atoms with van der Waals surface area (Å²) < 4.78 is 7.00. The number of rotatable bonds is 5. The highest BCUT2D eigenvalue weighted by Gasteiger charge is 2.08. The molecule has 1 aromatic carbocycles. The van der Waals surface area contributed by atoms with Gasteiger partial charge in [-0.25, -0.2) is 0 Å². The first-order chi connectivity index (χ1) is 7.69. The Morgan fingerprint density at radius 2 is 2.00 bits per heavy atom. The molecule has 1 rings (SSSR count). The molecule has 16 heavy (non-hydrogen) atoms. The van der Waals surface area contributed by atoms with Crippen LogP contribution in [0.4, 0.5) is 0 Å². The van der Waals surface area contributed by atoms with Crippen LogP contribution in [0.15, 0.2) is 21.1 Å². The van der Waals surface area contributed by atoms with Crippen molar-refractivity contribution >= 4 is 31.9 Å². The van der Waals surface area contributed by atoms with Crippen molar-refractivity contribution < 1.29 is 4.74 Å². The summed E-state index contributed by atoms with van der Waals surface area (Å²) in [4.78, 5) is 0. The number of nitriles is 1. The van der Waals surface area contributed by atoms with Crippen LogP contribution in [-0.2, 0) is 6.54 Å². The Labute approximate surface area is 112 Å². The van der Waals surface area contributed by atoms with E-state index in [9.17, 15) is 0 Å². The van der Waals surface area contributed by atoms with Gasteiger partial charge in [-0.05, 0) is 56.1 Å². The molecular formula is C11H12Br2N2O. The van der Waals surface area contributed by atoms with E-state index in [1.165, 1.54) is 0 Å². The maximum Gasteiger partial charge on any atom is 0.174 e. The predicted octanol–water partition coefficient (Wildman–Crippen LogP) is 3.22. The molecule has 0 heterocycles. The molecule has 0 amide bonds. The zero-order chi connectivity index (χ0) is 12.0. The molecule has 0 atom stereocenters. The van der Waals surface area contributed by atoms with Gasteiger partial charge in [-0.3, -0.25) is 0 Å². The van der Waals surface area contributed by atoms with Gasteiger partial charge in [0, 0.05) is 6.54 Å². The van der Waals surface area contributed by atoms with Gasteiger partial charge in [0.15, 0.2) is 6.61 Å². The number of hydrogen-bond donors (Lipinski definition) is 1. The fourth-order valence-electron chi connectivity index (χ4n) is 1.23. The maximum absolute atomic E-state index is 8.46. The lowest BCUT2D eigenvalue weighted by molar-refractivity contribution is 0.363. The van der Waals surface area contributed by atoms with E-state index in [2.05, 4.69) is 44.1 Å². The molecule has 0 aliphatic carbocycles. The van der Waals surface area contributed by atoms with Gasteiger partial charge in [0.2, 0.25) is 0 Å². The predicted molar refractivity (Wildman–Crippen MR) is 70.3 cm³/mol. The van der Waals surface area contributed by atoms with Crippen molar-refractivity contribution in [2.24, 2.45) is 0 Å². The topological polar surface area (TPSA) is 45.0 Å². The van der Waals surface area contributed by atoms with E-state index >= 15 is 0 Å². The highest BCUT2D eigenvalue weighted by molar-refractivity contribution is 9.11. The van der Waals surface area contributed by atoms with Gasteiger partial charge >= 0.3 is 0 Å². The first kappa shape index (κ1) is 13.5. The lowest BCUT2D eigenvalue weighted by Crippen LogP contribution is -2.11. The van der Waals surface area contributed by atoms with E-state index < -0.39 is 0 Å². The first-order valence-electron chi connectivity index (χ1n) is 4.87. The van der Waals surface area contributed by atoms with Gasteiger partial charge in [0.05, 0.1) is 8.95 Å². The molecule has 0 radical (unpaired) electrons. The van der Waals surface area contributed by atoms with Crippen molar-refractivity contribution in [1.82, 2.24) is 5.32 Å². The molecular weight excluding hydrogens is 336 g/mol. The first-order valence-corrected chi connectivity index (χ1v) is 6.46. The summed E-state index contributed by atoms with van der Waals surface area (Å²) in [6.07, 6.45) is 0. The summed E-state index contributed by atoms with van der Waals surface area (Å²) in [7, 11) is 0. The zero-order valence-corrected chi connectivity index (χ0v) is 12.1. The molecule has 0 bridgehead atoms. The Morgan fingerprint density at radius 1 is 1.38 bits per heavy atom. The average Bonchev–Trinajstić information content (AvgIpc) is 2.25. The molecule has 1 N–H and O–H groups in total. The van der Waals surface area contributed by atoms with E-state index in [0.717, 1.165) is 27.6 Å². The number of ether oxygens (including phenoxy) is 1. The van der Waals surface area contributed by atoms with E-state index in [-0.39, 0.29) is 6.61 Å². The van der Waals surface area contributed by atoms with Crippen molar-refractivity contribution in [3.8, 4) is 11.8 Å². The average molecular weight is 348 g/mol. The summed E-state index contributed by atoms with van der Waals surface area (Å²) in [6.45, 7) is 3.85. The molecule has 0 aliphatic rings. The van der Waals surface area contributed by atoms with Gasteiger partial charge in [-0.2, -0.15) is 5.26 Å². The summed E-state index contributed by atoms with van der Waals surface area (Å²) >= 11 is 6.86. The minimum atomic E-state index is 0.0454. The second-order valence-electron chi connectivity index (χ2n) is 3.12. The molecule has 0 unspecified atom stereocenters. The second kappa shape index (κ2) is 6.89. The number of halogens is 2. The lowest BCUT2D eigenvalue weighted by Gasteiger charge is -2.10. The number of nitrogens with zero attached hydrogens (tertiary/aromatic N) is 1. The third-order valence-corrected chi connectivity index (χ3v) is 3.10. The van der Waals surface area contributed by atoms with Crippen LogP contribution in [0.5, 0.6) is 5.75 Å². The SMILES string of the molecule is CCNCc1cc(Br)c(OCC#N)c(Br)c1. The maximum atomic E-state index is 8.46. The third-order valence-electron chi connectivity index (χ3n) is 1.92. The van der Waals surface area contributed by atoms with Gasteiger partial charge in [0.25, 0.3) is 0 Å².